The monoisotopic (exact) mass is 335 g/mol. The van der Waals surface area contributed by atoms with Gasteiger partial charge in [-0.2, -0.15) is 0 Å². The minimum atomic E-state index is -0.0490. The van der Waals surface area contributed by atoms with Crippen molar-refractivity contribution in [3.63, 3.8) is 0 Å². The van der Waals surface area contributed by atoms with E-state index >= 15 is 0 Å². The van der Waals surface area contributed by atoms with Crippen LogP contribution in [0.1, 0.15) is 24.6 Å². The van der Waals surface area contributed by atoms with Crippen LogP contribution in [0.4, 0.5) is 0 Å². The van der Waals surface area contributed by atoms with Crippen LogP contribution in [0.3, 0.4) is 0 Å². The molecule has 6 heteroatoms. The molecule has 2 heterocycles. The largest absolute Gasteiger partial charge is 0.333 e. The number of carbonyl (C=O) groups excluding carboxylic acids is 1. The highest BCUT2D eigenvalue weighted by Crippen LogP contribution is 2.31. The zero-order valence-electron chi connectivity index (χ0n) is 11.9. The number of carbonyl (C=O) groups is 1. The van der Waals surface area contributed by atoms with Crippen LogP contribution in [0.25, 0.3) is 11.4 Å². The predicted octanol–water partition coefficient (Wildman–Crippen LogP) is 3.70. The van der Waals surface area contributed by atoms with Crippen molar-refractivity contribution in [2.24, 2.45) is 0 Å². The Hall–Kier alpha value is -1.65. The van der Waals surface area contributed by atoms with Crippen molar-refractivity contribution in [1.29, 1.82) is 0 Å². The van der Waals surface area contributed by atoms with Crippen LogP contribution in [-0.4, -0.2) is 33.2 Å². The molecule has 0 saturated carbocycles. The van der Waals surface area contributed by atoms with Crippen molar-refractivity contribution in [1.82, 2.24) is 14.9 Å². The molecule has 0 radical (unpaired) electrons. The summed E-state index contributed by atoms with van der Waals surface area (Å²) in [7, 11) is 0. The third-order valence-corrected chi connectivity index (χ3v) is 4.25. The zero-order valence-corrected chi connectivity index (χ0v) is 13.4. The van der Waals surface area contributed by atoms with Crippen molar-refractivity contribution < 1.29 is 4.79 Å². The number of amides is 1. The lowest BCUT2D eigenvalue weighted by Crippen LogP contribution is -2.31. The zero-order chi connectivity index (χ0) is 15.5. The molecule has 0 aliphatic carbocycles. The summed E-state index contributed by atoms with van der Waals surface area (Å²) in [4.78, 5) is 22.7. The average Bonchev–Trinajstić information content (AvgIpc) is 3.04. The summed E-state index contributed by atoms with van der Waals surface area (Å²) < 4.78 is 0. The minimum Gasteiger partial charge on any atom is -0.333 e. The van der Waals surface area contributed by atoms with Gasteiger partial charge in [-0.25, -0.2) is 9.97 Å². The molecule has 1 aliphatic heterocycles. The Morgan fingerprint density at radius 3 is 3.00 bits per heavy atom. The van der Waals surface area contributed by atoms with E-state index in [1.807, 2.05) is 30.3 Å². The molecule has 1 amide bonds. The van der Waals surface area contributed by atoms with Gasteiger partial charge in [-0.15, -0.1) is 11.6 Å². The van der Waals surface area contributed by atoms with Gasteiger partial charge in [-0.3, -0.25) is 4.79 Å². The Labute approximate surface area is 139 Å². The van der Waals surface area contributed by atoms with Crippen LogP contribution in [0.15, 0.2) is 36.5 Å². The summed E-state index contributed by atoms with van der Waals surface area (Å²) in [5.74, 6) is 0.570. The Morgan fingerprint density at radius 1 is 1.36 bits per heavy atom. The van der Waals surface area contributed by atoms with Gasteiger partial charge < -0.3 is 4.90 Å². The second kappa shape index (κ2) is 6.63. The molecule has 0 spiro atoms. The lowest BCUT2D eigenvalue weighted by Gasteiger charge is -2.23. The first-order chi connectivity index (χ1) is 10.7. The molecule has 3 rings (SSSR count). The van der Waals surface area contributed by atoms with E-state index in [1.165, 1.54) is 0 Å². The van der Waals surface area contributed by atoms with Crippen molar-refractivity contribution in [2.45, 2.75) is 18.9 Å². The number of hydrogen-bond donors (Lipinski definition) is 0. The van der Waals surface area contributed by atoms with Crippen LogP contribution in [0, 0.1) is 0 Å². The van der Waals surface area contributed by atoms with Crippen molar-refractivity contribution in [2.75, 3.05) is 12.4 Å². The quantitative estimate of drug-likeness (QED) is 0.803. The van der Waals surface area contributed by atoms with E-state index in [9.17, 15) is 4.79 Å². The summed E-state index contributed by atoms with van der Waals surface area (Å²) in [6, 6.07) is 9.27. The normalized spacial score (nSPS) is 17.7. The topological polar surface area (TPSA) is 46.1 Å². The summed E-state index contributed by atoms with van der Waals surface area (Å²) in [5.41, 5.74) is 1.71. The van der Waals surface area contributed by atoms with E-state index in [2.05, 4.69) is 9.97 Å². The molecule has 22 heavy (non-hydrogen) atoms. The van der Waals surface area contributed by atoms with Crippen molar-refractivity contribution in [3.05, 3.63) is 47.2 Å². The third-order valence-electron chi connectivity index (χ3n) is 3.79. The number of alkyl halides is 1. The van der Waals surface area contributed by atoms with Gasteiger partial charge in [0.05, 0.1) is 11.7 Å². The van der Waals surface area contributed by atoms with Crippen molar-refractivity contribution >= 4 is 29.1 Å². The SMILES string of the molecule is O=C(CCl)N1CCCC1c1ccnc(-c2cccc(Cl)c2)n1. The molecule has 1 aliphatic rings. The molecule has 1 unspecified atom stereocenters. The lowest BCUT2D eigenvalue weighted by molar-refractivity contribution is -0.129. The molecule has 4 nitrogen and oxygen atoms in total. The molecule has 0 N–H and O–H groups in total. The Bertz CT molecular complexity index is 693. The minimum absolute atomic E-state index is 0.00271. The second-order valence-electron chi connectivity index (χ2n) is 5.19. The van der Waals surface area contributed by atoms with Crippen LogP contribution < -0.4 is 0 Å². The molecule has 1 aromatic carbocycles. The van der Waals surface area contributed by atoms with Gasteiger partial charge in [0.25, 0.3) is 0 Å². The van der Waals surface area contributed by atoms with E-state index in [-0.39, 0.29) is 17.8 Å². The van der Waals surface area contributed by atoms with E-state index in [4.69, 9.17) is 23.2 Å². The predicted molar refractivity (Wildman–Crippen MR) is 86.9 cm³/mol. The van der Waals surface area contributed by atoms with Gasteiger partial charge in [0.2, 0.25) is 5.91 Å². The third kappa shape index (κ3) is 3.08. The lowest BCUT2D eigenvalue weighted by atomic mass is 10.1. The van der Waals surface area contributed by atoms with Gasteiger partial charge in [0.1, 0.15) is 5.88 Å². The maximum Gasteiger partial charge on any atom is 0.238 e. The molecule has 0 bridgehead atoms. The summed E-state index contributed by atoms with van der Waals surface area (Å²) >= 11 is 11.7. The summed E-state index contributed by atoms with van der Waals surface area (Å²) in [6.07, 6.45) is 3.58. The molecule has 1 atom stereocenters. The Balaban J connectivity index is 1.92. The van der Waals surface area contributed by atoms with Gasteiger partial charge in [-0.1, -0.05) is 23.7 Å². The first kappa shape index (κ1) is 15.3. The van der Waals surface area contributed by atoms with Crippen LogP contribution >= 0.6 is 23.2 Å². The summed E-state index contributed by atoms with van der Waals surface area (Å²) in [5, 5.41) is 0.645. The van der Waals surface area contributed by atoms with Gasteiger partial charge >= 0.3 is 0 Å². The average molecular weight is 336 g/mol. The molecule has 1 aromatic heterocycles. The van der Waals surface area contributed by atoms with Crippen LogP contribution in [-0.2, 0) is 4.79 Å². The fraction of sp³-hybridized carbons (Fsp3) is 0.312. The maximum absolute atomic E-state index is 11.9. The highest BCUT2D eigenvalue weighted by molar-refractivity contribution is 6.30. The number of hydrogen-bond acceptors (Lipinski definition) is 3. The molecule has 1 fully saturated rings. The Morgan fingerprint density at radius 2 is 2.23 bits per heavy atom. The molecule has 1 saturated heterocycles. The highest BCUT2D eigenvalue weighted by Gasteiger charge is 2.30. The Kier molecular flexibility index (Phi) is 4.60. The highest BCUT2D eigenvalue weighted by atomic mass is 35.5. The van der Waals surface area contributed by atoms with E-state index in [0.29, 0.717) is 10.8 Å². The second-order valence-corrected chi connectivity index (χ2v) is 5.90. The van der Waals surface area contributed by atoms with Crippen molar-refractivity contribution in [3.8, 4) is 11.4 Å². The number of benzene rings is 1. The fourth-order valence-electron chi connectivity index (χ4n) is 2.77. The first-order valence-corrected chi connectivity index (χ1v) is 8.04. The smallest absolute Gasteiger partial charge is 0.238 e. The van der Waals surface area contributed by atoms with Crippen LogP contribution in [0.2, 0.25) is 5.02 Å². The molecular weight excluding hydrogens is 321 g/mol. The number of aromatic nitrogens is 2. The fourth-order valence-corrected chi connectivity index (χ4v) is 3.12. The van der Waals surface area contributed by atoms with E-state index < -0.39 is 0 Å². The molecular formula is C16H15Cl2N3O. The standard InChI is InChI=1S/C16H15Cl2N3O/c17-10-15(22)21-8-2-5-14(21)13-6-7-19-16(20-13)11-3-1-4-12(18)9-11/h1,3-4,6-7,9,14H,2,5,8,10H2. The van der Waals surface area contributed by atoms with Gasteiger partial charge in [0, 0.05) is 23.3 Å². The number of rotatable bonds is 3. The van der Waals surface area contributed by atoms with E-state index in [1.54, 1.807) is 11.1 Å². The summed E-state index contributed by atoms with van der Waals surface area (Å²) in [6.45, 7) is 0.729. The number of halogens is 2. The van der Waals surface area contributed by atoms with E-state index in [0.717, 1.165) is 30.6 Å². The molecule has 2 aromatic rings. The molecule has 114 valence electrons. The number of likely N-dealkylation sites (tertiary alicyclic amines) is 1. The maximum atomic E-state index is 11.9. The van der Waals surface area contributed by atoms with Crippen LogP contribution in [0.5, 0.6) is 0 Å². The van der Waals surface area contributed by atoms with Gasteiger partial charge in [-0.05, 0) is 31.0 Å². The number of nitrogens with zero attached hydrogens (tertiary/aromatic N) is 3. The van der Waals surface area contributed by atoms with Gasteiger partial charge in [0.15, 0.2) is 5.82 Å². The first-order valence-electron chi connectivity index (χ1n) is 7.13.